The number of hydrogen-bond donors (Lipinski definition) is 2. The number of ether oxygens (including phenoxy) is 1. The molecule has 0 saturated carbocycles. The third kappa shape index (κ3) is 7.00. The highest BCUT2D eigenvalue weighted by molar-refractivity contribution is 7.91. The van der Waals surface area contributed by atoms with Crippen molar-refractivity contribution < 1.29 is 40.3 Å². The number of nitrogens with one attached hydrogen (secondary N) is 2. The summed E-state index contributed by atoms with van der Waals surface area (Å²) in [6.45, 7) is 4.25. The standard InChI is InChI=1S/C28H29ClF3N5O6S/c1-27(2,3)43-26(39)34-20-13-44(40,41)22-9-19(30)18(24-36-35-23(42-24)16-10-28(31,32)14-33-11-16)8-21(22)37(25(20)38)12-15-4-6-17(29)7-5-15/h4-9,16,20,33H,10-14H2,1-3H3,(H,34,39)/t16?,20-/m0/s1. The fourth-order valence-corrected chi connectivity index (χ4v) is 6.70. The molecule has 1 unspecified atom stereocenters. The fraction of sp³-hybridized carbons (Fsp3) is 0.429. The van der Waals surface area contributed by atoms with Crippen LogP contribution in [0.25, 0.3) is 11.5 Å². The molecule has 0 radical (unpaired) electrons. The number of piperidine rings is 1. The molecule has 44 heavy (non-hydrogen) atoms. The Kier molecular flexibility index (Phi) is 8.42. The minimum Gasteiger partial charge on any atom is -0.444 e. The van der Waals surface area contributed by atoms with Gasteiger partial charge in [0, 0.05) is 18.0 Å². The van der Waals surface area contributed by atoms with Crippen molar-refractivity contribution >= 4 is 39.1 Å². The Morgan fingerprint density at radius 3 is 2.59 bits per heavy atom. The number of sulfone groups is 1. The molecule has 0 spiro atoms. The zero-order chi connectivity index (χ0) is 32.0. The van der Waals surface area contributed by atoms with Crippen LogP contribution in [-0.2, 0) is 25.9 Å². The van der Waals surface area contributed by atoms with Gasteiger partial charge in [-0.2, -0.15) is 0 Å². The van der Waals surface area contributed by atoms with Gasteiger partial charge in [0.1, 0.15) is 17.5 Å². The lowest BCUT2D eigenvalue weighted by Gasteiger charge is -2.27. The Morgan fingerprint density at radius 2 is 1.93 bits per heavy atom. The summed E-state index contributed by atoms with van der Waals surface area (Å²) in [6.07, 6.45) is -1.57. The third-order valence-electron chi connectivity index (χ3n) is 6.91. The van der Waals surface area contributed by atoms with E-state index in [9.17, 15) is 26.8 Å². The van der Waals surface area contributed by atoms with Gasteiger partial charge >= 0.3 is 6.09 Å². The molecule has 1 saturated heterocycles. The first-order valence-electron chi connectivity index (χ1n) is 13.6. The lowest BCUT2D eigenvalue weighted by Crippen LogP contribution is -2.51. The molecular formula is C28H29ClF3N5O6S. The number of halogens is 4. The zero-order valence-corrected chi connectivity index (χ0v) is 25.4. The number of fused-ring (bicyclic) bond motifs is 1. The van der Waals surface area contributed by atoms with Crippen molar-refractivity contribution in [2.24, 2.45) is 0 Å². The molecule has 2 aliphatic rings. The predicted molar refractivity (Wildman–Crippen MR) is 153 cm³/mol. The molecule has 2 N–H and O–H groups in total. The largest absolute Gasteiger partial charge is 0.444 e. The molecule has 236 valence electrons. The number of rotatable bonds is 5. The lowest BCUT2D eigenvalue weighted by atomic mass is 9.97. The lowest BCUT2D eigenvalue weighted by molar-refractivity contribution is -0.120. The van der Waals surface area contributed by atoms with Gasteiger partial charge in [-0.15, -0.1) is 10.2 Å². The molecule has 16 heteroatoms. The first-order valence-corrected chi connectivity index (χ1v) is 15.6. The Morgan fingerprint density at radius 1 is 1.23 bits per heavy atom. The smallest absolute Gasteiger partial charge is 0.408 e. The first-order chi connectivity index (χ1) is 20.5. The maximum Gasteiger partial charge on any atom is 0.408 e. The maximum atomic E-state index is 15.6. The van der Waals surface area contributed by atoms with Crippen LogP contribution in [0.4, 0.5) is 23.7 Å². The van der Waals surface area contributed by atoms with Crippen molar-refractivity contribution in [3.8, 4) is 11.5 Å². The van der Waals surface area contributed by atoms with E-state index in [1.54, 1.807) is 45.0 Å². The molecule has 2 aromatic carbocycles. The van der Waals surface area contributed by atoms with E-state index in [0.717, 1.165) is 17.0 Å². The van der Waals surface area contributed by atoms with Crippen molar-refractivity contribution in [1.82, 2.24) is 20.8 Å². The zero-order valence-electron chi connectivity index (χ0n) is 23.9. The average Bonchev–Trinajstić information content (AvgIpc) is 3.38. The number of alkyl halides is 2. The van der Waals surface area contributed by atoms with Gasteiger partial charge in [0.05, 0.1) is 40.9 Å². The minimum absolute atomic E-state index is 0.136. The maximum absolute atomic E-state index is 15.6. The number of benzene rings is 2. The summed E-state index contributed by atoms with van der Waals surface area (Å²) in [5.41, 5.74) is -0.949. The van der Waals surface area contributed by atoms with Gasteiger partial charge in [-0.05, 0) is 50.6 Å². The summed E-state index contributed by atoms with van der Waals surface area (Å²) >= 11 is 6.01. The van der Waals surface area contributed by atoms with Crippen LogP contribution in [0.1, 0.15) is 44.6 Å². The quantitative estimate of drug-likeness (QED) is 0.407. The first kappa shape index (κ1) is 31.7. The van der Waals surface area contributed by atoms with Crippen molar-refractivity contribution in [3.63, 3.8) is 0 Å². The van der Waals surface area contributed by atoms with Crippen molar-refractivity contribution in [2.75, 3.05) is 23.7 Å². The SMILES string of the molecule is CC(C)(C)OC(=O)N[C@H]1CS(=O)(=O)c2cc(F)c(-c3nnc(C4CNCC(F)(F)C4)o3)cc2N(Cc2ccc(Cl)cc2)C1=O. The predicted octanol–water partition coefficient (Wildman–Crippen LogP) is 4.46. The van der Waals surface area contributed by atoms with Crippen LogP contribution < -0.4 is 15.5 Å². The summed E-state index contributed by atoms with van der Waals surface area (Å²) in [5, 5.41) is 13.0. The number of amides is 2. The molecule has 2 aliphatic heterocycles. The Balaban J connectivity index is 1.57. The van der Waals surface area contributed by atoms with Crippen molar-refractivity contribution in [1.29, 1.82) is 0 Å². The molecule has 5 rings (SSSR count). The van der Waals surface area contributed by atoms with Gasteiger partial charge in [-0.1, -0.05) is 23.7 Å². The van der Waals surface area contributed by atoms with Gasteiger partial charge < -0.3 is 24.7 Å². The second-order valence-electron chi connectivity index (χ2n) is 11.7. The van der Waals surface area contributed by atoms with E-state index in [4.69, 9.17) is 20.8 Å². The summed E-state index contributed by atoms with van der Waals surface area (Å²) in [7, 11) is -4.38. The van der Waals surface area contributed by atoms with E-state index in [1.807, 2.05) is 0 Å². The monoisotopic (exact) mass is 655 g/mol. The van der Waals surface area contributed by atoms with Crippen LogP contribution >= 0.6 is 11.6 Å². The summed E-state index contributed by atoms with van der Waals surface area (Å²) in [4.78, 5) is 27.1. The number of anilines is 1. The minimum atomic E-state index is -4.38. The normalized spacial score (nSPS) is 21.3. The van der Waals surface area contributed by atoms with Crippen LogP contribution in [0.15, 0.2) is 45.7 Å². The highest BCUT2D eigenvalue weighted by Gasteiger charge is 2.42. The van der Waals surface area contributed by atoms with Gasteiger partial charge in [0.25, 0.3) is 17.7 Å². The van der Waals surface area contributed by atoms with Crippen LogP contribution in [0.5, 0.6) is 0 Å². The number of nitrogens with zero attached hydrogens (tertiary/aromatic N) is 3. The number of aromatic nitrogens is 2. The van der Waals surface area contributed by atoms with Crippen LogP contribution in [0, 0.1) is 5.82 Å². The van der Waals surface area contributed by atoms with Gasteiger partial charge in [-0.3, -0.25) is 4.79 Å². The second kappa shape index (κ2) is 11.7. The van der Waals surface area contributed by atoms with E-state index in [2.05, 4.69) is 20.8 Å². The number of alkyl carbamates (subject to hydrolysis) is 1. The molecule has 1 aromatic heterocycles. The molecule has 3 heterocycles. The van der Waals surface area contributed by atoms with E-state index < -0.39 is 80.6 Å². The van der Waals surface area contributed by atoms with E-state index in [0.29, 0.717) is 10.6 Å². The molecule has 11 nitrogen and oxygen atoms in total. The average molecular weight is 656 g/mol. The fourth-order valence-electron chi connectivity index (χ4n) is 4.96. The van der Waals surface area contributed by atoms with Crippen molar-refractivity contribution in [2.45, 2.75) is 62.1 Å². The summed E-state index contributed by atoms with van der Waals surface area (Å²) in [5.74, 6) is -7.14. The van der Waals surface area contributed by atoms with E-state index in [1.165, 1.54) is 0 Å². The molecular weight excluding hydrogens is 627 g/mol. The highest BCUT2D eigenvalue weighted by Crippen LogP contribution is 2.38. The van der Waals surface area contributed by atoms with Gasteiger partial charge in [-0.25, -0.2) is 26.4 Å². The topological polar surface area (TPSA) is 144 Å². The summed E-state index contributed by atoms with van der Waals surface area (Å²) in [6, 6.07) is 6.62. The molecule has 2 amide bonds. The van der Waals surface area contributed by atoms with Crippen LogP contribution in [0.2, 0.25) is 5.02 Å². The van der Waals surface area contributed by atoms with E-state index in [-0.39, 0.29) is 30.2 Å². The molecule has 1 fully saturated rings. The number of carbonyl (C=O) groups excluding carboxylic acids is 2. The molecule has 0 aliphatic carbocycles. The van der Waals surface area contributed by atoms with Crippen LogP contribution in [0.3, 0.4) is 0 Å². The van der Waals surface area contributed by atoms with Gasteiger partial charge in [0.15, 0.2) is 9.84 Å². The Hall–Kier alpha value is -3.69. The van der Waals surface area contributed by atoms with E-state index >= 15 is 4.39 Å². The van der Waals surface area contributed by atoms with Crippen molar-refractivity contribution in [3.05, 3.63) is 58.7 Å². The number of carbonyl (C=O) groups is 2. The second-order valence-corrected chi connectivity index (χ2v) is 14.1. The number of hydrogen-bond acceptors (Lipinski definition) is 9. The Bertz CT molecular complexity index is 1690. The third-order valence-corrected chi connectivity index (χ3v) is 8.93. The molecule has 2 atom stereocenters. The van der Waals surface area contributed by atoms with Crippen LogP contribution in [-0.4, -0.2) is 67.0 Å². The molecule has 3 aromatic rings. The highest BCUT2D eigenvalue weighted by atomic mass is 35.5. The Labute approximate surface area is 256 Å². The summed E-state index contributed by atoms with van der Waals surface area (Å²) < 4.78 is 81.4. The van der Waals surface area contributed by atoms with Gasteiger partial charge in [0.2, 0.25) is 5.89 Å². The molecule has 0 bridgehead atoms.